The quantitative estimate of drug-likeness (QED) is 0.813. The van der Waals surface area contributed by atoms with Gasteiger partial charge in [-0.2, -0.15) is 0 Å². The zero-order valence-electron chi connectivity index (χ0n) is 11.9. The van der Waals surface area contributed by atoms with Gasteiger partial charge in [-0.05, 0) is 24.7 Å². The van der Waals surface area contributed by atoms with Crippen LogP contribution in [0, 0.1) is 5.41 Å². The Morgan fingerprint density at radius 1 is 1.42 bits per heavy atom. The molecule has 0 aromatic rings. The average Bonchev–Trinajstić information content (AvgIpc) is 2.87. The van der Waals surface area contributed by atoms with Crippen LogP contribution in [-0.4, -0.2) is 38.3 Å². The third kappa shape index (κ3) is 4.93. The van der Waals surface area contributed by atoms with Crippen molar-refractivity contribution in [3.8, 4) is 0 Å². The van der Waals surface area contributed by atoms with Crippen LogP contribution >= 0.6 is 12.4 Å². The predicted octanol–water partition coefficient (Wildman–Crippen LogP) is 1.87. The van der Waals surface area contributed by atoms with Gasteiger partial charge in [0.15, 0.2) is 0 Å². The van der Waals surface area contributed by atoms with Crippen molar-refractivity contribution in [2.75, 3.05) is 26.2 Å². The van der Waals surface area contributed by atoms with Crippen LogP contribution in [0.4, 0.5) is 0 Å². The molecule has 2 fully saturated rings. The number of rotatable bonds is 5. The molecule has 0 radical (unpaired) electrons. The summed E-state index contributed by atoms with van der Waals surface area (Å²) in [4.78, 5) is 11.9. The lowest BCUT2D eigenvalue weighted by molar-refractivity contribution is -0.125. The Hall–Kier alpha value is -0.320. The summed E-state index contributed by atoms with van der Waals surface area (Å²) in [5.41, 5.74) is 0.376. The highest BCUT2D eigenvalue weighted by Crippen LogP contribution is 2.40. The van der Waals surface area contributed by atoms with Crippen molar-refractivity contribution >= 4 is 18.3 Å². The molecule has 4 nitrogen and oxygen atoms in total. The van der Waals surface area contributed by atoms with Crippen LogP contribution in [-0.2, 0) is 9.53 Å². The first-order valence-corrected chi connectivity index (χ1v) is 7.33. The summed E-state index contributed by atoms with van der Waals surface area (Å²) >= 11 is 0. The van der Waals surface area contributed by atoms with Gasteiger partial charge in [0.2, 0.25) is 5.91 Å². The molecule has 2 N–H and O–H groups in total. The fourth-order valence-corrected chi connectivity index (χ4v) is 3.10. The standard InChI is InChI=1S/C14H26N2O2.ClH/c1-2-14(5-3-4-6-14)11-16-13(17)9-12-10-15-7-8-18-12;/h12,15H,2-11H2,1H3,(H,16,17);1H. The molecule has 1 aliphatic heterocycles. The Bertz CT molecular complexity index is 275. The normalized spacial score (nSPS) is 25.6. The Balaban J connectivity index is 0.00000180. The number of hydrogen-bond donors (Lipinski definition) is 2. The summed E-state index contributed by atoms with van der Waals surface area (Å²) in [6.07, 6.45) is 6.90. The number of ether oxygens (including phenoxy) is 1. The van der Waals surface area contributed by atoms with Gasteiger partial charge in [-0.25, -0.2) is 0 Å². The molecule has 0 aromatic carbocycles. The molecule has 1 saturated carbocycles. The second-order valence-electron chi connectivity index (χ2n) is 5.74. The minimum atomic E-state index is 0. The third-order valence-electron chi connectivity index (χ3n) is 4.49. The molecule has 0 aromatic heterocycles. The van der Waals surface area contributed by atoms with Crippen molar-refractivity contribution in [2.45, 2.75) is 51.6 Å². The maximum Gasteiger partial charge on any atom is 0.222 e. The van der Waals surface area contributed by atoms with Crippen molar-refractivity contribution in [1.29, 1.82) is 0 Å². The topological polar surface area (TPSA) is 50.4 Å². The minimum Gasteiger partial charge on any atom is -0.375 e. The van der Waals surface area contributed by atoms with Gasteiger partial charge in [0.1, 0.15) is 0 Å². The summed E-state index contributed by atoms with van der Waals surface area (Å²) in [6.45, 7) is 5.51. The minimum absolute atomic E-state index is 0. The molecule has 1 aliphatic carbocycles. The molecule has 0 bridgehead atoms. The van der Waals surface area contributed by atoms with E-state index in [4.69, 9.17) is 4.74 Å². The summed E-state index contributed by atoms with van der Waals surface area (Å²) in [5.74, 6) is 0.142. The molecular weight excluding hydrogens is 264 g/mol. The van der Waals surface area contributed by atoms with E-state index in [-0.39, 0.29) is 24.4 Å². The maximum absolute atomic E-state index is 11.9. The van der Waals surface area contributed by atoms with Crippen LogP contribution in [0.25, 0.3) is 0 Å². The van der Waals surface area contributed by atoms with E-state index in [0.717, 1.165) is 26.2 Å². The molecule has 1 saturated heterocycles. The number of amides is 1. The van der Waals surface area contributed by atoms with Gasteiger partial charge < -0.3 is 15.4 Å². The highest BCUT2D eigenvalue weighted by atomic mass is 35.5. The van der Waals surface area contributed by atoms with E-state index in [0.29, 0.717) is 11.8 Å². The van der Waals surface area contributed by atoms with Gasteiger partial charge in [-0.3, -0.25) is 4.79 Å². The van der Waals surface area contributed by atoms with E-state index in [2.05, 4.69) is 17.6 Å². The summed E-state index contributed by atoms with van der Waals surface area (Å²) < 4.78 is 5.55. The molecule has 0 spiro atoms. The number of hydrogen-bond acceptors (Lipinski definition) is 3. The lowest BCUT2D eigenvalue weighted by atomic mass is 9.83. The van der Waals surface area contributed by atoms with E-state index in [1.807, 2.05) is 0 Å². The fraction of sp³-hybridized carbons (Fsp3) is 0.929. The number of carbonyl (C=O) groups is 1. The van der Waals surface area contributed by atoms with E-state index >= 15 is 0 Å². The molecule has 1 amide bonds. The summed E-state index contributed by atoms with van der Waals surface area (Å²) in [5, 5.41) is 6.37. The van der Waals surface area contributed by atoms with Gasteiger partial charge in [0, 0.05) is 19.6 Å². The molecule has 112 valence electrons. The first-order chi connectivity index (χ1) is 8.74. The third-order valence-corrected chi connectivity index (χ3v) is 4.49. The molecular formula is C14H27ClN2O2. The van der Waals surface area contributed by atoms with Crippen LogP contribution in [0.3, 0.4) is 0 Å². The van der Waals surface area contributed by atoms with Crippen LogP contribution in [0.2, 0.25) is 0 Å². The molecule has 5 heteroatoms. The highest BCUT2D eigenvalue weighted by Gasteiger charge is 2.32. The largest absolute Gasteiger partial charge is 0.375 e. The summed E-state index contributed by atoms with van der Waals surface area (Å²) in [7, 11) is 0. The van der Waals surface area contributed by atoms with Crippen LogP contribution < -0.4 is 10.6 Å². The van der Waals surface area contributed by atoms with Crippen LogP contribution in [0.1, 0.15) is 45.4 Å². The fourth-order valence-electron chi connectivity index (χ4n) is 3.10. The zero-order valence-corrected chi connectivity index (χ0v) is 12.7. The Morgan fingerprint density at radius 2 is 2.16 bits per heavy atom. The van der Waals surface area contributed by atoms with Crippen molar-refractivity contribution in [3.05, 3.63) is 0 Å². The first-order valence-electron chi connectivity index (χ1n) is 7.33. The van der Waals surface area contributed by atoms with E-state index < -0.39 is 0 Å². The van der Waals surface area contributed by atoms with E-state index in [1.54, 1.807) is 0 Å². The lowest BCUT2D eigenvalue weighted by Gasteiger charge is -2.28. The van der Waals surface area contributed by atoms with Gasteiger partial charge in [-0.15, -0.1) is 12.4 Å². The molecule has 1 unspecified atom stereocenters. The van der Waals surface area contributed by atoms with E-state index in [1.165, 1.54) is 32.1 Å². The van der Waals surface area contributed by atoms with Gasteiger partial charge in [0.25, 0.3) is 0 Å². The second kappa shape index (κ2) is 8.08. The molecule has 2 aliphatic rings. The molecule has 1 atom stereocenters. The number of nitrogens with one attached hydrogen (secondary N) is 2. The van der Waals surface area contributed by atoms with Crippen LogP contribution in [0.15, 0.2) is 0 Å². The number of halogens is 1. The Kier molecular flexibility index (Phi) is 7.11. The van der Waals surface area contributed by atoms with Gasteiger partial charge in [0.05, 0.1) is 19.1 Å². The first kappa shape index (κ1) is 16.7. The smallest absolute Gasteiger partial charge is 0.222 e. The number of carbonyl (C=O) groups excluding carboxylic acids is 1. The van der Waals surface area contributed by atoms with Crippen molar-refractivity contribution in [1.82, 2.24) is 10.6 Å². The average molecular weight is 291 g/mol. The molecule has 1 heterocycles. The predicted molar refractivity (Wildman–Crippen MR) is 78.7 cm³/mol. The molecule has 19 heavy (non-hydrogen) atoms. The second-order valence-corrected chi connectivity index (χ2v) is 5.74. The van der Waals surface area contributed by atoms with Gasteiger partial charge >= 0.3 is 0 Å². The SMILES string of the molecule is CCC1(CNC(=O)CC2CNCCO2)CCCC1.Cl. The van der Waals surface area contributed by atoms with Crippen molar-refractivity contribution in [2.24, 2.45) is 5.41 Å². The molecule has 2 rings (SSSR count). The monoisotopic (exact) mass is 290 g/mol. The van der Waals surface area contributed by atoms with Crippen LogP contribution in [0.5, 0.6) is 0 Å². The maximum atomic E-state index is 11.9. The van der Waals surface area contributed by atoms with E-state index in [9.17, 15) is 4.79 Å². The van der Waals surface area contributed by atoms with Gasteiger partial charge in [-0.1, -0.05) is 19.8 Å². The summed E-state index contributed by atoms with van der Waals surface area (Å²) in [6, 6.07) is 0. The Labute approximate surface area is 122 Å². The Morgan fingerprint density at radius 3 is 2.74 bits per heavy atom. The van der Waals surface area contributed by atoms with Crippen molar-refractivity contribution < 1.29 is 9.53 Å². The zero-order chi connectivity index (χ0) is 12.8. The highest BCUT2D eigenvalue weighted by molar-refractivity contribution is 5.85. The van der Waals surface area contributed by atoms with Crippen molar-refractivity contribution in [3.63, 3.8) is 0 Å². The lowest BCUT2D eigenvalue weighted by Crippen LogP contribution is -2.43. The number of morpholine rings is 1.